The Labute approximate surface area is 81.6 Å². The van der Waals surface area contributed by atoms with Gasteiger partial charge in [-0.2, -0.15) is 5.26 Å². The molecule has 0 fully saturated rings. The van der Waals surface area contributed by atoms with Gasteiger partial charge in [-0.15, -0.1) is 0 Å². The zero-order valence-corrected chi connectivity index (χ0v) is 7.67. The van der Waals surface area contributed by atoms with E-state index in [1.54, 1.807) is 18.2 Å². The molecule has 1 aromatic carbocycles. The molecule has 0 aliphatic carbocycles. The van der Waals surface area contributed by atoms with Crippen LogP contribution in [-0.4, -0.2) is 18.3 Å². The highest BCUT2D eigenvalue weighted by Gasteiger charge is 2.00. The van der Waals surface area contributed by atoms with E-state index in [0.717, 1.165) is 0 Å². The molecule has 0 atom stereocenters. The Balaban J connectivity index is 2.89. The summed E-state index contributed by atoms with van der Waals surface area (Å²) in [4.78, 5) is 0. The zero-order chi connectivity index (χ0) is 9.68. The van der Waals surface area contributed by atoms with Gasteiger partial charge >= 0.3 is 0 Å². The first-order valence-corrected chi connectivity index (χ1v) is 4.20. The van der Waals surface area contributed by atoms with Gasteiger partial charge in [-0.1, -0.05) is 11.6 Å². The van der Waals surface area contributed by atoms with Crippen molar-refractivity contribution in [1.82, 2.24) is 0 Å². The van der Waals surface area contributed by atoms with Gasteiger partial charge in [-0.05, 0) is 18.2 Å². The summed E-state index contributed by atoms with van der Waals surface area (Å²) in [6.07, 6.45) is 0. The Morgan fingerprint density at radius 2 is 2.31 bits per heavy atom. The van der Waals surface area contributed by atoms with Crippen LogP contribution in [0.5, 0.6) is 0 Å². The minimum absolute atomic E-state index is 0.0252. The zero-order valence-electron chi connectivity index (χ0n) is 6.92. The van der Waals surface area contributed by atoms with Gasteiger partial charge in [0.25, 0.3) is 0 Å². The molecule has 0 aliphatic rings. The number of nitrogens with one attached hydrogen (secondary N) is 1. The summed E-state index contributed by atoms with van der Waals surface area (Å²) in [6, 6.07) is 6.99. The van der Waals surface area contributed by atoms with E-state index in [-0.39, 0.29) is 6.61 Å². The lowest BCUT2D eigenvalue weighted by Crippen LogP contribution is -2.06. The molecule has 0 aliphatic heterocycles. The third-order valence-corrected chi connectivity index (χ3v) is 1.76. The van der Waals surface area contributed by atoms with Crippen LogP contribution in [-0.2, 0) is 0 Å². The Bertz CT molecular complexity index is 333. The van der Waals surface area contributed by atoms with E-state index in [9.17, 15) is 0 Å². The minimum Gasteiger partial charge on any atom is -0.395 e. The first kappa shape index (κ1) is 9.85. The maximum Gasteiger partial charge on any atom is 0.101 e. The summed E-state index contributed by atoms with van der Waals surface area (Å²) >= 11 is 5.74. The molecule has 2 N–H and O–H groups in total. The van der Waals surface area contributed by atoms with E-state index in [1.807, 2.05) is 6.07 Å². The molecular weight excluding hydrogens is 188 g/mol. The summed E-state index contributed by atoms with van der Waals surface area (Å²) in [5, 5.41) is 20.8. The van der Waals surface area contributed by atoms with Gasteiger partial charge in [-0.25, -0.2) is 0 Å². The molecule has 68 valence electrons. The van der Waals surface area contributed by atoms with Gasteiger partial charge in [0.15, 0.2) is 0 Å². The van der Waals surface area contributed by atoms with Crippen LogP contribution >= 0.6 is 11.6 Å². The lowest BCUT2D eigenvalue weighted by molar-refractivity contribution is 0.311. The summed E-state index contributed by atoms with van der Waals surface area (Å²) in [5.74, 6) is 0. The molecular formula is C9H9ClN2O. The summed E-state index contributed by atoms with van der Waals surface area (Å²) in [7, 11) is 0. The first-order chi connectivity index (χ1) is 6.27. The fraction of sp³-hybridized carbons (Fsp3) is 0.222. The first-order valence-electron chi connectivity index (χ1n) is 3.82. The fourth-order valence-corrected chi connectivity index (χ4v) is 1.12. The van der Waals surface area contributed by atoms with E-state index in [1.165, 1.54) is 0 Å². The number of aliphatic hydroxyl groups excluding tert-OH is 1. The topological polar surface area (TPSA) is 56.0 Å². The molecule has 0 unspecified atom stereocenters. The van der Waals surface area contributed by atoms with Crippen molar-refractivity contribution in [1.29, 1.82) is 5.26 Å². The average molecular weight is 197 g/mol. The number of benzene rings is 1. The van der Waals surface area contributed by atoms with Crippen molar-refractivity contribution in [2.75, 3.05) is 18.5 Å². The Morgan fingerprint density at radius 1 is 1.54 bits per heavy atom. The van der Waals surface area contributed by atoms with E-state index in [2.05, 4.69) is 5.32 Å². The van der Waals surface area contributed by atoms with Crippen LogP contribution in [0.15, 0.2) is 18.2 Å². The van der Waals surface area contributed by atoms with Crippen LogP contribution in [0, 0.1) is 11.3 Å². The van der Waals surface area contributed by atoms with Crippen molar-refractivity contribution in [3.63, 3.8) is 0 Å². The minimum atomic E-state index is 0.0252. The normalized spacial score (nSPS) is 9.31. The van der Waals surface area contributed by atoms with Crippen molar-refractivity contribution >= 4 is 17.3 Å². The number of anilines is 1. The third kappa shape index (κ3) is 2.62. The van der Waals surface area contributed by atoms with E-state index >= 15 is 0 Å². The quantitative estimate of drug-likeness (QED) is 0.773. The molecule has 0 aromatic heterocycles. The number of nitriles is 1. The lowest BCUT2D eigenvalue weighted by Gasteiger charge is -2.06. The Kier molecular flexibility index (Phi) is 3.56. The van der Waals surface area contributed by atoms with Crippen molar-refractivity contribution in [2.24, 2.45) is 0 Å². The summed E-state index contributed by atoms with van der Waals surface area (Å²) in [6.45, 7) is 0.437. The SMILES string of the molecule is N#Cc1ccc(Cl)cc1NCCO. The summed E-state index contributed by atoms with van der Waals surface area (Å²) in [5.41, 5.74) is 1.18. The molecule has 0 heterocycles. The molecule has 0 saturated heterocycles. The number of halogens is 1. The fourth-order valence-electron chi connectivity index (χ4n) is 0.951. The Hall–Kier alpha value is -1.24. The van der Waals surface area contributed by atoms with Crippen molar-refractivity contribution in [3.05, 3.63) is 28.8 Å². The summed E-state index contributed by atoms with van der Waals surface area (Å²) < 4.78 is 0. The Morgan fingerprint density at radius 3 is 2.92 bits per heavy atom. The van der Waals surface area contributed by atoms with Crippen LogP contribution in [0.2, 0.25) is 5.02 Å². The van der Waals surface area contributed by atoms with Gasteiger partial charge in [0.1, 0.15) is 6.07 Å². The number of nitrogens with zero attached hydrogens (tertiary/aromatic N) is 1. The largest absolute Gasteiger partial charge is 0.395 e. The van der Waals surface area contributed by atoms with E-state index in [0.29, 0.717) is 22.8 Å². The maximum absolute atomic E-state index is 8.71. The predicted octanol–water partition coefficient (Wildman–Crippen LogP) is 1.62. The van der Waals surface area contributed by atoms with E-state index in [4.69, 9.17) is 22.0 Å². The average Bonchev–Trinajstić information content (AvgIpc) is 2.15. The standard InChI is InChI=1S/C9H9ClN2O/c10-8-2-1-7(6-11)9(5-8)12-3-4-13/h1-2,5,12-13H,3-4H2. The molecule has 0 spiro atoms. The number of aliphatic hydroxyl groups is 1. The molecule has 0 radical (unpaired) electrons. The third-order valence-electron chi connectivity index (χ3n) is 1.53. The highest BCUT2D eigenvalue weighted by molar-refractivity contribution is 6.30. The van der Waals surface area contributed by atoms with Gasteiger partial charge in [0.2, 0.25) is 0 Å². The number of hydrogen-bond donors (Lipinski definition) is 2. The van der Waals surface area contributed by atoms with Crippen LogP contribution in [0.25, 0.3) is 0 Å². The second kappa shape index (κ2) is 4.70. The maximum atomic E-state index is 8.71. The molecule has 3 nitrogen and oxygen atoms in total. The van der Waals surface area contributed by atoms with Gasteiger partial charge in [0, 0.05) is 11.6 Å². The molecule has 0 amide bonds. The van der Waals surface area contributed by atoms with Crippen molar-refractivity contribution < 1.29 is 5.11 Å². The molecule has 0 bridgehead atoms. The molecule has 0 saturated carbocycles. The lowest BCUT2D eigenvalue weighted by atomic mass is 10.2. The monoisotopic (exact) mass is 196 g/mol. The highest BCUT2D eigenvalue weighted by atomic mass is 35.5. The van der Waals surface area contributed by atoms with E-state index < -0.39 is 0 Å². The predicted molar refractivity (Wildman–Crippen MR) is 51.7 cm³/mol. The second-order valence-corrected chi connectivity index (χ2v) is 2.89. The second-order valence-electron chi connectivity index (χ2n) is 2.45. The molecule has 13 heavy (non-hydrogen) atoms. The molecule has 1 rings (SSSR count). The van der Waals surface area contributed by atoms with Crippen molar-refractivity contribution in [3.8, 4) is 6.07 Å². The van der Waals surface area contributed by atoms with Crippen LogP contribution in [0.1, 0.15) is 5.56 Å². The molecule has 1 aromatic rings. The number of rotatable bonds is 3. The van der Waals surface area contributed by atoms with Gasteiger partial charge < -0.3 is 10.4 Å². The van der Waals surface area contributed by atoms with Crippen LogP contribution in [0.3, 0.4) is 0 Å². The van der Waals surface area contributed by atoms with Crippen molar-refractivity contribution in [2.45, 2.75) is 0 Å². The van der Waals surface area contributed by atoms with Gasteiger partial charge in [0.05, 0.1) is 17.9 Å². The molecule has 4 heteroatoms. The highest BCUT2D eigenvalue weighted by Crippen LogP contribution is 2.19. The van der Waals surface area contributed by atoms with Crippen LogP contribution < -0.4 is 5.32 Å². The number of hydrogen-bond acceptors (Lipinski definition) is 3. The van der Waals surface area contributed by atoms with Crippen LogP contribution in [0.4, 0.5) is 5.69 Å². The van der Waals surface area contributed by atoms with Gasteiger partial charge in [-0.3, -0.25) is 0 Å². The smallest absolute Gasteiger partial charge is 0.101 e.